The van der Waals surface area contributed by atoms with Crippen LogP contribution in [0.2, 0.25) is 0 Å². The first kappa shape index (κ1) is 17.6. The number of para-hydroxylation sites is 1. The van der Waals surface area contributed by atoms with E-state index in [0.29, 0.717) is 16.4 Å². The van der Waals surface area contributed by atoms with Gasteiger partial charge in [0.2, 0.25) is 11.1 Å². The van der Waals surface area contributed by atoms with Gasteiger partial charge in [-0.15, -0.1) is 5.10 Å². The van der Waals surface area contributed by atoms with Crippen molar-refractivity contribution in [1.82, 2.24) is 20.2 Å². The second-order valence-electron chi connectivity index (χ2n) is 5.64. The monoisotopic (exact) mass is 364 g/mol. The van der Waals surface area contributed by atoms with Crippen molar-refractivity contribution in [2.75, 3.05) is 11.1 Å². The Balaban J connectivity index is 1.70. The molecule has 1 N–H and O–H groups in total. The van der Waals surface area contributed by atoms with E-state index in [9.17, 15) is 4.79 Å². The summed E-state index contributed by atoms with van der Waals surface area (Å²) in [5.41, 5.74) is 4.11. The minimum absolute atomic E-state index is 0.155. The second-order valence-corrected chi connectivity index (χ2v) is 6.59. The normalized spacial score (nSPS) is 10.3. The van der Waals surface area contributed by atoms with Crippen molar-refractivity contribution in [2.24, 2.45) is 0 Å². The number of carbonyl (C=O) groups excluding carboxylic acids is 1. The van der Waals surface area contributed by atoms with E-state index < -0.39 is 0 Å². The van der Waals surface area contributed by atoms with Crippen LogP contribution in [0.1, 0.15) is 16.7 Å². The Hall–Kier alpha value is -3.18. The molecule has 2 aromatic carbocycles. The van der Waals surface area contributed by atoms with E-state index >= 15 is 0 Å². The van der Waals surface area contributed by atoms with Crippen LogP contribution in [-0.4, -0.2) is 31.9 Å². The molecule has 0 radical (unpaired) electrons. The smallest absolute Gasteiger partial charge is 0.234 e. The number of tetrazole rings is 1. The van der Waals surface area contributed by atoms with Gasteiger partial charge in [-0.05, 0) is 53.6 Å². The predicted molar refractivity (Wildman–Crippen MR) is 99.1 cm³/mol. The summed E-state index contributed by atoms with van der Waals surface area (Å²) in [5, 5.41) is 24.1. The molecule has 8 heteroatoms. The van der Waals surface area contributed by atoms with Gasteiger partial charge < -0.3 is 5.32 Å². The van der Waals surface area contributed by atoms with E-state index in [2.05, 4.69) is 20.8 Å². The van der Waals surface area contributed by atoms with E-state index in [4.69, 9.17) is 5.26 Å². The zero-order chi connectivity index (χ0) is 18.5. The molecule has 26 heavy (non-hydrogen) atoms. The standard InChI is InChI=1S/C18H16N6OS/c1-12-5-3-6-13(2)17(12)24-18(21-22-23-24)26-11-16(25)20-15-8-4-7-14(9-15)10-19/h3-9H,11H2,1-2H3,(H,20,25). The molecule has 130 valence electrons. The summed E-state index contributed by atoms with van der Waals surface area (Å²) >= 11 is 1.25. The van der Waals surface area contributed by atoms with Gasteiger partial charge in [0, 0.05) is 5.69 Å². The largest absolute Gasteiger partial charge is 0.325 e. The first-order valence-corrected chi connectivity index (χ1v) is 8.85. The Morgan fingerprint density at radius 2 is 1.96 bits per heavy atom. The number of aromatic nitrogens is 4. The Labute approximate surface area is 155 Å². The van der Waals surface area contributed by atoms with Crippen molar-refractivity contribution in [3.63, 3.8) is 0 Å². The molecule has 0 atom stereocenters. The molecule has 0 saturated heterocycles. The van der Waals surface area contributed by atoms with Gasteiger partial charge in [-0.25, -0.2) is 0 Å². The van der Waals surface area contributed by atoms with Gasteiger partial charge in [0.05, 0.1) is 23.1 Å². The SMILES string of the molecule is Cc1cccc(C)c1-n1nnnc1SCC(=O)Nc1cccc(C#N)c1. The minimum atomic E-state index is -0.193. The first-order chi connectivity index (χ1) is 12.6. The van der Waals surface area contributed by atoms with Crippen LogP contribution in [0.4, 0.5) is 5.69 Å². The summed E-state index contributed by atoms with van der Waals surface area (Å²) in [5.74, 6) is -0.0385. The third-order valence-electron chi connectivity index (χ3n) is 3.70. The van der Waals surface area contributed by atoms with Crippen LogP contribution in [0, 0.1) is 25.2 Å². The summed E-state index contributed by atoms with van der Waals surface area (Å²) in [6.45, 7) is 3.99. The average molecular weight is 364 g/mol. The van der Waals surface area contributed by atoms with E-state index in [1.165, 1.54) is 11.8 Å². The van der Waals surface area contributed by atoms with E-state index in [1.54, 1.807) is 28.9 Å². The summed E-state index contributed by atoms with van der Waals surface area (Å²) < 4.78 is 1.65. The lowest BCUT2D eigenvalue weighted by Gasteiger charge is -2.10. The van der Waals surface area contributed by atoms with Crippen molar-refractivity contribution >= 4 is 23.4 Å². The van der Waals surface area contributed by atoms with E-state index in [1.807, 2.05) is 38.1 Å². The van der Waals surface area contributed by atoms with Crippen molar-refractivity contribution in [1.29, 1.82) is 5.26 Å². The predicted octanol–water partition coefficient (Wildman–Crippen LogP) is 2.88. The molecule has 0 aliphatic rings. The lowest BCUT2D eigenvalue weighted by molar-refractivity contribution is -0.113. The number of benzene rings is 2. The fourth-order valence-electron chi connectivity index (χ4n) is 2.54. The lowest BCUT2D eigenvalue weighted by atomic mass is 10.1. The molecule has 7 nitrogen and oxygen atoms in total. The van der Waals surface area contributed by atoms with Crippen LogP contribution in [0.3, 0.4) is 0 Å². The molecule has 0 fully saturated rings. The summed E-state index contributed by atoms with van der Waals surface area (Å²) in [4.78, 5) is 12.2. The van der Waals surface area contributed by atoms with Gasteiger partial charge >= 0.3 is 0 Å². The van der Waals surface area contributed by atoms with Crippen LogP contribution in [0.15, 0.2) is 47.6 Å². The lowest BCUT2D eigenvalue weighted by Crippen LogP contribution is -2.15. The van der Waals surface area contributed by atoms with Gasteiger partial charge in [-0.3, -0.25) is 4.79 Å². The highest BCUT2D eigenvalue weighted by Crippen LogP contribution is 2.23. The maximum Gasteiger partial charge on any atom is 0.234 e. The average Bonchev–Trinajstić information content (AvgIpc) is 3.08. The number of thioether (sulfide) groups is 1. The zero-order valence-electron chi connectivity index (χ0n) is 14.3. The van der Waals surface area contributed by atoms with Gasteiger partial charge in [0.25, 0.3) is 0 Å². The van der Waals surface area contributed by atoms with Crippen molar-refractivity contribution in [3.05, 3.63) is 59.2 Å². The molecule has 1 heterocycles. The number of hydrogen-bond acceptors (Lipinski definition) is 6. The van der Waals surface area contributed by atoms with Crippen molar-refractivity contribution < 1.29 is 4.79 Å². The summed E-state index contributed by atoms with van der Waals surface area (Å²) in [7, 11) is 0. The Kier molecular flexibility index (Phi) is 5.29. The number of hydrogen-bond donors (Lipinski definition) is 1. The maximum atomic E-state index is 12.2. The number of aryl methyl sites for hydroxylation is 2. The number of nitrogens with zero attached hydrogens (tertiary/aromatic N) is 5. The number of carbonyl (C=O) groups is 1. The molecule has 3 rings (SSSR count). The summed E-state index contributed by atoms with van der Waals surface area (Å²) in [6.07, 6.45) is 0. The molecule has 0 aliphatic heterocycles. The Bertz CT molecular complexity index is 971. The van der Waals surface area contributed by atoms with Crippen LogP contribution >= 0.6 is 11.8 Å². The second kappa shape index (κ2) is 7.80. The molecule has 0 bridgehead atoms. The highest BCUT2D eigenvalue weighted by atomic mass is 32.2. The zero-order valence-corrected chi connectivity index (χ0v) is 15.1. The molecule has 3 aromatic rings. The number of amides is 1. The third-order valence-corrected chi connectivity index (χ3v) is 4.62. The van der Waals surface area contributed by atoms with Crippen LogP contribution in [0.5, 0.6) is 0 Å². The third kappa shape index (κ3) is 3.90. The highest BCUT2D eigenvalue weighted by Gasteiger charge is 2.14. The fourth-order valence-corrected chi connectivity index (χ4v) is 3.22. The molecule has 0 spiro atoms. The topological polar surface area (TPSA) is 96.5 Å². The number of rotatable bonds is 5. The number of nitriles is 1. The molecule has 0 unspecified atom stereocenters. The van der Waals surface area contributed by atoms with Crippen LogP contribution in [0.25, 0.3) is 5.69 Å². The molecule has 0 aliphatic carbocycles. The maximum absolute atomic E-state index is 12.2. The molecule has 1 amide bonds. The van der Waals surface area contributed by atoms with Gasteiger partial charge in [0.15, 0.2) is 0 Å². The van der Waals surface area contributed by atoms with Crippen molar-refractivity contribution in [3.8, 4) is 11.8 Å². The van der Waals surface area contributed by atoms with Gasteiger partial charge in [-0.1, -0.05) is 36.0 Å². The molecule has 1 aromatic heterocycles. The summed E-state index contributed by atoms with van der Waals surface area (Å²) in [6, 6.07) is 14.8. The fraction of sp³-hybridized carbons (Fsp3) is 0.167. The van der Waals surface area contributed by atoms with Crippen molar-refractivity contribution in [2.45, 2.75) is 19.0 Å². The van der Waals surface area contributed by atoms with Gasteiger partial charge in [0.1, 0.15) is 0 Å². The minimum Gasteiger partial charge on any atom is -0.325 e. The van der Waals surface area contributed by atoms with E-state index in [-0.39, 0.29) is 11.7 Å². The first-order valence-electron chi connectivity index (χ1n) is 7.86. The highest BCUT2D eigenvalue weighted by molar-refractivity contribution is 7.99. The number of nitrogens with one attached hydrogen (secondary N) is 1. The molecular weight excluding hydrogens is 348 g/mol. The Morgan fingerprint density at radius 3 is 2.69 bits per heavy atom. The van der Waals surface area contributed by atoms with Crippen LogP contribution in [-0.2, 0) is 4.79 Å². The van der Waals surface area contributed by atoms with Gasteiger partial charge in [-0.2, -0.15) is 9.94 Å². The Morgan fingerprint density at radius 1 is 1.23 bits per heavy atom. The van der Waals surface area contributed by atoms with E-state index in [0.717, 1.165) is 16.8 Å². The number of anilines is 1. The molecule has 0 saturated carbocycles. The van der Waals surface area contributed by atoms with Crippen LogP contribution < -0.4 is 5.32 Å². The quantitative estimate of drug-likeness (QED) is 0.699. The molecular formula is C18H16N6OS.